The minimum atomic E-state index is 0.708. The maximum atomic E-state index is 8.20. The van der Waals surface area contributed by atoms with Crippen LogP contribution in [0, 0.1) is 11.3 Å². The monoisotopic (exact) mass is 137 g/mol. The fraction of sp³-hybridized carbons (Fsp3) is 0.667. The van der Waals surface area contributed by atoms with Crippen molar-refractivity contribution >= 4 is 0 Å². The minimum absolute atomic E-state index is 0.708. The maximum absolute atomic E-state index is 8.20. The Balaban J connectivity index is 2.92. The van der Waals surface area contributed by atoms with Crippen LogP contribution in [-0.4, -0.2) is 0 Å². The Morgan fingerprint density at radius 3 is 2.70 bits per heavy atom. The second kappa shape index (κ2) is 8.23. The van der Waals surface area contributed by atoms with Gasteiger partial charge in [0, 0.05) is 6.42 Å². The number of nitriles is 1. The van der Waals surface area contributed by atoms with Gasteiger partial charge in [0.05, 0.1) is 6.07 Å². The summed E-state index contributed by atoms with van der Waals surface area (Å²) in [4.78, 5) is 0. The van der Waals surface area contributed by atoms with Crippen LogP contribution < -0.4 is 0 Å². The molecule has 0 aliphatic rings. The van der Waals surface area contributed by atoms with Gasteiger partial charge in [0.15, 0.2) is 0 Å². The van der Waals surface area contributed by atoms with Crippen LogP contribution in [0.1, 0.15) is 39.0 Å². The third-order valence-electron chi connectivity index (χ3n) is 1.31. The Labute approximate surface area is 63.4 Å². The number of allylic oxidation sites excluding steroid dienone is 2. The van der Waals surface area contributed by atoms with Crippen molar-refractivity contribution in [3.8, 4) is 6.07 Å². The molecule has 0 rings (SSSR count). The Hall–Kier alpha value is -0.770. The molecule has 0 spiro atoms. The summed E-state index contributed by atoms with van der Waals surface area (Å²) >= 11 is 0. The van der Waals surface area contributed by atoms with E-state index in [9.17, 15) is 0 Å². The van der Waals surface area contributed by atoms with Crippen LogP contribution in [0.3, 0.4) is 0 Å². The van der Waals surface area contributed by atoms with E-state index in [0.29, 0.717) is 6.42 Å². The first-order valence-electron chi connectivity index (χ1n) is 3.93. The van der Waals surface area contributed by atoms with Gasteiger partial charge < -0.3 is 0 Å². The fourth-order valence-corrected chi connectivity index (χ4v) is 0.751. The fourth-order valence-electron chi connectivity index (χ4n) is 0.751. The van der Waals surface area contributed by atoms with E-state index in [2.05, 4.69) is 25.1 Å². The van der Waals surface area contributed by atoms with E-state index in [4.69, 9.17) is 5.26 Å². The molecule has 0 N–H and O–H groups in total. The number of nitrogens with zero attached hydrogens (tertiary/aromatic N) is 1. The lowest BCUT2D eigenvalue weighted by molar-refractivity contribution is 0.766. The van der Waals surface area contributed by atoms with Crippen molar-refractivity contribution in [1.82, 2.24) is 0 Å². The molecule has 0 amide bonds. The highest BCUT2D eigenvalue weighted by Gasteiger charge is 1.82. The van der Waals surface area contributed by atoms with E-state index < -0.39 is 0 Å². The molecule has 0 fully saturated rings. The van der Waals surface area contributed by atoms with Gasteiger partial charge in [-0.15, -0.1) is 0 Å². The second-order valence-corrected chi connectivity index (χ2v) is 2.28. The second-order valence-electron chi connectivity index (χ2n) is 2.28. The molecule has 0 aromatic rings. The minimum Gasteiger partial charge on any atom is -0.198 e. The van der Waals surface area contributed by atoms with Gasteiger partial charge in [0.25, 0.3) is 0 Å². The largest absolute Gasteiger partial charge is 0.198 e. The SMILES string of the molecule is CCC=CCCCCC#N. The zero-order valence-corrected chi connectivity index (χ0v) is 6.64. The lowest BCUT2D eigenvalue weighted by Gasteiger charge is -1.88. The van der Waals surface area contributed by atoms with E-state index in [1.54, 1.807) is 0 Å². The van der Waals surface area contributed by atoms with Gasteiger partial charge in [0.2, 0.25) is 0 Å². The summed E-state index contributed by atoms with van der Waals surface area (Å²) in [6, 6.07) is 2.13. The standard InChI is InChI=1S/C9H15N/c1-2-3-4-5-6-7-8-9-10/h3-4H,2,5-8H2,1H3. The summed E-state index contributed by atoms with van der Waals surface area (Å²) in [5, 5.41) is 8.20. The van der Waals surface area contributed by atoms with Crippen molar-refractivity contribution in [3.63, 3.8) is 0 Å². The highest BCUT2D eigenvalue weighted by molar-refractivity contribution is 4.80. The van der Waals surface area contributed by atoms with E-state index >= 15 is 0 Å². The summed E-state index contributed by atoms with van der Waals surface area (Å²) < 4.78 is 0. The van der Waals surface area contributed by atoms with E-state index in [-0.39, 0.29) is 0 Å². The molecular formula is C9H15N. The normalized spacial score (nSPS) is 10.0. The molecule has 0 aromatic carbocycles. The molecule has 1 heteroatoms. The number of hydrogen-bond acceptors (Lipinski definition) is 1. The molecule has 56 valence electrons. The van der Waals surface area contributed by atoms with Crippen molar-refractivity contribution in [1.29, 1.82) is 5.26 Å². The van der Waals surface area contributed by atoms with Gasteiger partial charge in [-0.3, -0.25) is 0 Å². The Bertz CT molecular complexity index is 119. The van der Waals surface area contributed by atoms with Gasteiger partial charge in [-0.25, -0.2) is 0 Å². The van der Waals surface area contributed by atoms with Crippen LogP contribution in [-0.2, 0) is 0 Å². The highest BCUT2D eigenvalue weighted by Crippen LogP contribution is 1.99. The van der Waals surface area contributed by atoms with Gasteiger partial charge in [-0.2, -0.15) is 5.26 Å². The molecule has 0 saturated heterocycles. The molecular weight excluding hydrogens is 122 g/mol. The van der Waals surface area contributed by atoms with Crippen LogP contribution in [0.15, 0.2) is 12.2 Å². The third-order valence-corrected chi connectivity index (χ3v) is 1.31. The van der Waals surface area contributed by atoms with Crippen LogP contribution >= 0.6 is 0 Å². The first-order valence-corrected chi connectivity index (χ1v) is 3.93. The molecule has 0 atom stereocenters. The smallest absolute Gasteiger partial charge is 0.0621 e. The summed E-state index contributed by atoms with van der Waals surface area (Å²) in [5.74, 6) is 0. The zero-order chi connectivity index (χ0) is 7.66. The molecule has 0 bridgehead atoms. The van der Waals surface area contributed by atoms with Crippen molar-refractivity contribution in [2.24, 2.45) is 0 Å². The predicted octanol–water partition coefficient (Wildman–Crippen LogP) is 3.04. The van der Waals surface area contributed by atoms with E-state index in [1.807, 2.05) is 0 Å². The third kappa shape index (κ3) is 7.23. The van der Waals surface area contributed by atoms with Crippen LogP contribution in [0.2, 0.25) is 0 Å². The molecule has 0 heterocycles. The first kappa shape index (κ1) is 9.23. The summed E-state index contributed by atoms with van der Waals surface area (Å²) in [5.41, 5.74) is 0. The van der Waals surface area contributed by atoms with Crippen molar-refractivity contribution in [3.05, 3.63) is 12.2 Å². The quantitative estimate of drug-likeness (QED) is 0.422. The Morgan fingerprint density at radius 2 is 2.10 bits per heavy atom. The lowest BCUT2D eigenvalue weighted by Crippen LogP contribution is -1.71. The van der Waals surface area contributed by atoms with Crippen LogP contribution in [0.4, 0.5) is 0 Å². The van der Waals surface area contributed by atoms with Gasteiger partial charge in [-0.05, 0) is 25.7 Å². The van der Waals surface area contributed by atoms with Gasteiger partial charge >= 0.3 is 0 Å². The molecule has 1 nitrogen and oxygen atoms in total. The molecule has 0 radical (unpaired) electrons. The summed E-state index contributed by atoms with van der Waals surface area (Å²) in [7, 11) is 0. The van der Waals surface area contributed by atoms with Crippen molar-refractivity contribution < 1.29 is 0 Å². The average Bonchev–Trinajstić information content (AvgIpc) is 1.97. The topological polar surface area (TPSA) is 23.8 Å². The number of hydrogen-bond donors (Lipinski definition) is 0. The van der Waals surface area contributed by atoms with Crippen LogP contribution in [0.25, 0.3) is 0 Å². The average molecular weight is 137 g/mol. The molecule has 0 saturated carbocycles. The van der Waals surface area contributed by atoms with Crippen molar-refractivity contribution in [2.45, 2.75) is 39.0 Å². The molecule has 0 aliphatic heterocycles. The molecule has 0 unspecified atom stereocenters. The molecule has 10 heavy (non-hydrogen) atoms. The summed E-state index contributed by atoms with van der Waals surface area (Å²) in [6.07, 6.45) is 9.53. The zero-order valence-electron chi connectivity index (χ0n) is 6.64. The maximum Gasteiger partial charge on any atom is 0.0621 e. The first-order chi connectivity index (χ1) is 4.91. The van der Waals surface area contributed by atoms with Crippen LogP contribution in [0.5, 0.6) is 0 Å². The van der Waals surface area contributed by atoms with E-state index in [0.717, 1.165) is 25.7 Å². The highest BCUT2D eigenvalue weighted by atomic mass is 14.2. The lowest BCUT2D eigenvalue weighted by atomic mass is 10.2. The summed E-state index contributed by atoms with van der Waals surface area (Å²) in [6.45, 7) is 2.13. The predicted molar refractivity (Wildman–Crippen MR) is 43.5 cm³/mol. The Kier molecular flexibility index (Phi) is 7.60. The Morgan fingerprint density at radius 1 is 1.30 bits per heavy atom. The number of unbranched alkanes of at least 4 members (excludes halogenated alkanes) is 3. The van der Waals surface area contributed by atoms with Crippen molar-refractivity contribution in [2.75, 3.05) is 0 Å². The molecule has 0 aliphatic carbocycles. The van der Waals surface area contributed by atoms with Gasteiger partial charge in [0.1, 0.15) is 0 Å². The van der Waals surface area contributed by atoms with E-state index in [1.165, 1.54) is 0 Å². The number of rotatable bonds is 5. The molecule has 0 aromatic heterocycles. The van der Waals surface area contributed by atoms with Gasteiger partial charge in [-0.1, -0.05) is 19.1 Å².